The Balaban J connectivity index is 1.74. The maximum atomic E-state index is 5.02. The van der Waals surface area contributed by atoms with Gasteiger partial charge in [0.05, 0.1) is 11.2 Å². The summed E-state index contributed by atoms with van der Waals surface area (Å²) in [6.07, 6.45) is 5.70. The third kappa shape index (κ3) is 3.45. The van der Waals surface area contributed by atoms with Crippen molar-refractivity contribution in [3.8, 4) is 11.3 Å². The van der Waals surface area contributed by atoms with Gasteiger partial charge in [0.25, 0.3) is 0 Å². The van der Waals surface area contributed by atoms with Crippen LogP contribution in [0.5, 0.6) is 0 Å². The van der Waals surface area contributed by atoms with Crippen LogP contribution in [0.4, 0.5) is 0 Å². The molecule has 4 aromatic rings. The van der Waals surface area contributed by atoms with Crippen molar-refractivity contribution >= 4 is 10.9 Å². The summed E-state index contributed by atoms with van der Waals surface area (Å²) in [6.45, 7) is 2.20. The molecule has 0 atom stereocenters. The molecule has 0 fully saturated rings. The zero-order chi connectivity index (χ0) is 18.9. The standard InChI is InChI=1S/C27H25N/c1-19-13-21-8-3-2-7-20-9-6-10-22(15-20)16-23-18-27(24(14-19)17-21)28-26-12-5-4-11-25(23)26/h4-6,9-15,17-18H,2-3,7-8,16H2,1H3. The van der Waals surface area contributed by atoms with Gasteiger partial charge in [-0.15, -0.1) is 0 Å². The van der Waals surface area contributed by atoms with Crippen LogP contribution in [-0.4, -0.2) is 4.98 Å². The topological polar surface area (TPSA) is 12.9 Å². The average Bonchev–Trinajstić information content (AvgIpc) is 2.70. The number of hydrogen-bond acceptors (Lipinski definition) is 1. The first kappa shape index (κ1) is 17.2. The fourth-order valence-corrected chi connectivity index (χ4v) is 4.47. The van der Waals surface area contributed by atoms with Gasteiger partial charge in [-0.1, -0.05) is 54.1 Å². The number of fused-ring (bicyclic) bond motifs is 9. The second kappa shape index (κ2) is 7.24. The Bertz CT molecular complexity index is 1160. The summed E-state index contributed by atoms with van der Waals surface area (Å²) in [5.74, 6) is 0. The molecule has 1 aromatic heterocycles. The maximum Gasteiger partial charge on any atom is 0.0712 e. The van der Waals surface area contributed by atoms with E-state index in [0.717, 1.165) is 30.5 Å². The second-order valence-electron chi connectivity index (χ2n) is 8.09. The van der Waals surface area contributed by atoms with Gasteiger partial charge >= 0.3 is 0 Å². The van der Waals surface area contributed by atoms with Crippen LogP contribution in [0.2, 0.25) is 0 Å². The van der Waals surface area contributed by atoms with Gasteiger partial charge in [0.1, 0.15) is 0 Å². The second-order valence-corrected chi connectivity index (χ2v) is 8.09. The lowest BCUT2D eigenvalue weighted by Gasteiger charge is -2.14. The Hall–Kier alpha value is -2.93. The number of rotatable bonds is 0. The number of para-hydroxylation sites is 1. The number of aromatic nitrogens is 1. The minimum atomic E-state index is 0.947. The number of aryl methyl sites for hydroxylation is 3. The first-order valence-corrected chi connectivity index (χ1v) is 10.3. The average molecular weight is 364 g/mol. The summed E-state index contributed by atoms with van der Waals surface area (Å²) in [5, 5.41) is 1.26. The molecule has 0 aliphatic heterocycles. The molecule has 1 aliphatic carbocycles. The van der Waals surface area contributed by atoms with Gasteiger partial charge in [0.2, 0.25) is 0 Å². The lowest BCUT2D eigenvalue weighted by atomic mass is 9.94. The quantitative estimate of drug-likeness (QED) is 0.339. The minimum absolute atomic E-state index is 0.947. The summed E-state index contributed by atoms with van der Waals surface area (Å²) >= 11 is 0. The molecule has 0 saturated heterocycles. The molecule has 0 spiro atoms. The third-order valence-electron chi connectivity index (χ3n) is 5.80. The normalized spacial score (nSPS) is 13.9. The van der Waals surface area contributed by atoms with Crippen LogP contribution in [0, 0.1) is 6.92 Å². The summed E-state index contributed by atoms with van der Waals surface area (Å²) in [7, 11) is 0. The molecule has 3 aromatic carbocycles. The fourth-order valence-electron chi connectivity index (χ4n) is 4.47. The van der Waals surface area contributed by atoms with Crippen molar-refractivity contribution in [2.24, 2.45) is 0 Å². The molecule has 5 rings (SSSR count). The summed E-state index contributed by atoms with van der Waals surface area (Å²) in [4.78, 5) is 5.02. The highest BCUT2D eigenvalue weighted by molar-refractivity contribution is 5.85. The molecular weight excluding hydrogens is 338 g/mol. The van der Waals surface area contributed by atoms with Crippen molar-refractivity contribution < 1.29 is 0 Å². The van der Waals surface area contributed by atoms with Crippen LogP contribution in [0.15, 0.2) is 72.8 Å². The van der Waals surface area contributed by atoms with E-state index in [2.05, 4.69) is 79.7 Å². The molecule has 6 bridgehead atoms. The van der Waals surface area contributed by atoms with Gasteiger partial charge in [-0.05, 0) is 85.5 Å². The molecule has 28 heavy (non-hydrogen) atoms. The lowest BCUT2D eigenvalue weighted by molar-refractivity contribution is 0.733. The molecule has 1 nitrogen and oxygen atoms in total. The van der Waals surface area contributed by atoms with E-state index in [1.165, 1.54) is 51.6 Å². The van der Waals surface area contributed by atoms with E-state index >= 15 is 0 Å². The Morgan fingerprint density at radius 3 is 2.46 bits per heavy atom. The summed E-state index contributed by atoms with van der Waals surface area (Å²) < 4.78 is 0. The maximum absolute atomic E-state index is 5.02. The van der Waals surface area contributed by atoms with Crippen LogP contribution in [0.1, 0.15) is 40.7 Å². The van der Waals surface area contributed by atoms with E-state index in [1.54, 1.807) is 0 Å². The first-order valence-electron chi connectivity index (χ1n) is 10.3. The summed E-state index contributed by atoms with van der Waals surface area (Å²) in [6, 6.07) is 26.9. The van der Waals surface area contributed by atoms with E-state index in [9.17, 15) is 0 Å². The number of pyridine rings is 1. The SMILES string of the molecule is Cc1cc2cc(c1)-c1cc(c3ccccc3n1)Cc1cccc(c1)CCCC2. The molecule has 138 valence electrons. The van der Waals surface area contributed by atoms with Crippen molar-refractivity contribution in [2.45, 2.75) is 39.0 Å². The smallest absolute Gasteiger partial charge is 0.0712 e. The van der Waals surface area contributed by atoms with E-state index < -0.39 is 0 Å². The van der Waals surface area contributed by atoms with Crippen LogP contribution in [0.25, 0.3) is 22.2 Å². The minimum Gasteiger partial charge on any atom is -0.248 e. The molecule has 0 unspecified atom stereocenters. The molecule has 0 amide bonds. The lowest BCUT2D eigenvalue weighted by Crippen LogP contribution is -1.98. The van der Waals surface area contributed by atoms with Gasteiger partial charge in [-0.25, -0.2) is 4.98 Å². The van der Waals surface area contributed by atoms with Gasteiger partial charge in [-0.2, -0.15) is 0 Å². The molecule has 0 N–H and O–H groups in total. The number of nitrogens with zero attached hydrogens (tertiary/aromatic N) is 1. The first-order chi connectivity index (χ1) is 13.7. The van der Waals surface area contributed by atoms with Crippen molar-refractivity contribution in [3.63, 3.8) is 0 Å². The molecule has 0 radical (unpaired) electrons. The largest absolute Gasteiger partial charge is 0.248 e. The molecule has 1 heterocycles. The Morgan fingerprint density at radius 2 is 1.54 bits per heavy atom. The van der Waals surface area contributed by atoms with Gasteiger partial charge in [0.15, 0.2) is 0 Å². The van der Waals surface area contributed by atoms with Crippen LogP contribution in [-0.2, 0) is 19.3 Å². The number of hydrogen-bond donors (Lipinski definition) is 0. The van der Waals surface area contributed by atoms with Gasteiger partial charge < -0.3 is 0 Å². The van der Waals surface area contributed by atoms with E-state index in [-0.39, 0.29) is 0 Å². The third-order valence-corrected chi connectivity index (χ3v) is 5.80. The van der Waals surface area contributed by atoms with E-state index in [4.69, 9.17) is 4.98 Å². The van der Waals surface area contributed by atoms with Crippen molar-refractivity contribution in [3.05, 3.63) is 101 Å². The van der Waals surface area contributed by atoms with Crippen molar-refractivity contribution in [1.29, 1.82) is 0 Å². The molecule has 1 heteroatoms. The van der Waals surface area contributed by atoms with E-state index in [0.29, 0.717) is 0 Å². The van der Waals surface area contributed by atoms with Crippen LogP contribution >= 0.6 is 0 Å². The number of benzene rings is 3. The Labute approximate surface area is 167 Å². The monoisotopic (exact) mass is 363 g/mol. The Morgan fingerprint density at radius 1 is 0.714 bits per heavy atom. The zero-order valence-corrected chi connectivity index (χ0v) is 16.4. The zero-order valence-electron chi connectivity index (χ0n) is 16.4. The van der Waals surface area contributed by atoms with E-state index in [1.807, 2.05) is 0 Å². The Kier molecular flexibility index (Phi) is 4.44. The predicted octanol–water partition coefficient (Wildman–Crippen LogP) is 6.68. The highest BCUT2D eigenvalue weighted by atomic mass is 14.7. The highest BCUT2D eigenvalue weighted by Crippen LogP contribution is 2.29. The highest BCUT2D eigenvalue weighted by Gasteiger charge is 2.11. The van der Waals surface area contributed by atoms with Crippen LogP contribution in [0.3, 0.4) is 0 Å². The van der Waals surface area contributed by atoms with Gasteiger partial charge in [-0.3, -0.25) is 0 Å². The molecule has 1 aliphatic rings. The summed E-state index contributed by atoms with van der Waals surface area (Å²) in [5.41, 5.74) is 10.4. The fraction of sp³-hybridized carbons (Fsp3) is 0.222. The van der Waals surface area contributed by atoms with Crippen molar-refractivity contribution in [1.82, 2.24) is 4.98 Å². The molecular formula is C27H25N. The molecule has 0 saturated carbocycles. The predicted molar refractivity (Wildman–Crippen MR) is 118 cm³/mol. The van der Waals surface area contributed by atoms with Gasteiger partial charge in [0, 0.05) is 10.9 Å². The van der Waals surface area contributed by atoms with Crippen LogP contribution < -0.4 is 0 Å². The van der Waals surface area contributed by atoms with Crippen molar-refractivity contribution in [2.75, 3.05) is 0 Å².